The quantitative estimate of drug-likeness (QED) is 0.173. The van der Waals surface area contributed by atoms with Crippen LogP contribution in [0.25, 0.3) is 22.2 Å². The van der Waals surface area contributed by atoms with E-state index in [2.05, 4.69) is 4.98 Å². The van der Waals surface area contributed by atoms with Crippen LogP contribution in [0, 0.1) is 18.6 Å². The molecule has 0 N–H and O–H groups in total. The molecule has 2 heterocycles. The minimum absolute atomic E-state index is 0.0882. The maximum Gasteiger partial charge on any atom is 0.244 e. The van der Waals surface area contributed by atoms with E-state index in [1.54, 1.807) is 82.3 Å². The normalized spacial score (nSPS) is 12.5. The zero-order valence-corrected chi connectivity index (χ0v) is 25.6. The van der Waals surface area contributed by atoms with Gasteiger partial charge in [-0.15, -0.1) is 0 Å². The monoisotopic (exact) mass is 624 g/mol. The van der Waals surface area contributed by atoms with Crippen LogP contribution in [0.1, 0.15) is 37.6 Å². The van der Waals surface area contributed by atoms with Gasteiger partial charge in [0.05, 0.1) is 10.5 Å². The Kier molecular flexibility index (Phi) is 7.91. The van der Waals surface area contributed by atoms with Gasteiger partial charge in [-0.25, -0.2) is 34.6 Å². The fraction of sp³-hybridized carbons (Fsp3) is 0.219. The lowest BCUT2D eigenvalue weighted by atomic mass is 9.94. The van der Waals surface area contributed by atoms with E-state index in [0.29, 0.717) is 39.4 Å². The molecule has 0 bridgehead atoms. The Balaban J connectivity index is 1.73. The molecular formula is C32H30F2N2O5S2. The molecule has 0 aliphatic carbocycles. The number of aromatic nitrogens is 2. The summed E-state index contributed by atoms with van der Waals surface area (Å²) in [6.45, 7) is 6.48. The van der Waals surface area contributed by atoms with Crippen LogP contribution in [-0.2, 0) is 30.4 Å². The number of hydrogen-bond acceptors (Lipinski definition) is 6. The first-order chi connectivity index (χ1) is 20.2. The second-order valence-corrected chi connectivity index (χ2v) is 15.4. The Bertz CT molecular complexity index is 2060. The summed E-state index contributed by atoms with van der Waals surface area (Å²) < 4.78 is 87.1. The van der Waals surface area contributed by atoms with Gasteiger partial charge in [0, 0.05) is 34.7 Å². The van der Waals surface area contributed by atoms with E-state index >= 15 is 0 Å². The standard InChI is InChI=1S/C32H30F2N2O5S2/c1-5-42(37,38)32(3,4)23-11-13-29(41-30-14-12-24(33)19-28(30)34)27(18-23)26-17-21(2)35-31-25(26)15-16-36(31)43(39,40)20-22-9-7-6-8-10-22/h6-19H,5,20H2,1-4H3. The molecule has 224 valence electrons. The molecule has 0 radical (unpaired) electrons. The molecular weight excluding hydrogens is 594 g/mol. The van der Waals surface area contributed by atoms with Crippen molar-refractivity contribution < 1.29 is 30.4 Å². The lowest BCUT2D eigenvalue weighted by molar-refractivity contribution is 0.438. The van der Waals surface area contributed by atoms with Crippen molar-refractivity contribution in [3.8, 4) is 22.6 Å². The van der Waals surface area contributed by atoms with Crippen molar-refractivity contribution in [1.29, 1.82) is 0 Å². The predicted octanol–water partition coefficient (Wildman–Crippen LogP) is 7.13. The first-order valence-corrected chi connectivity index (χ1v) is 16.8. The van der Waals surface area contributed by atoms with E-state index in [1.807, 2.05) is 0 Å². The Morgan fingerprint density at radius 1 is 0.860 bits per heavy atom. The lowest BCUT2D eigenvalue weighted by Gasteiger charge is -2.26. The molecule has 43 heavy (non-hydrogen) atoms. The van der Waals surface area contributed by atoms with E-state index in [0.717, 1.165) is 16.1 Å². The van der Waals surface area contributed by atoms with E-state index in [-0.39, 0.29) is 28.7 Å². The van der Waals surface area contributed by atoms with E-state index < -0.39 is 36.2 Å². The van der Waals surface area contributed by atoms with Crippen LogP contribution in [0.3, 0.4) is 0 Å². The van der Waals surface area contributed by atoms with Crippen molar-refractivity contribution in [2.75, 3.05) is 5.75 Å². The second kappa shape index (κ2) is 11.2. The maximum atomic E-state index is 14.6. The Morgan fingerprint density at radius 2 is 1.56 bits per heavy atom. The minimum atomic E-state index is -3.88. The summed E-state index contributed by atoms with van der Waals surface area (Å²) in [5.41, 5.74) is 2.61. The molecule has 5 aromatic rings. The topological polar surface area (TPSA) is 95.3 Å². The largest absolute Gasteiger partial charge is 0.454 e. The van der Waals surface area contributed by atoms with Crippen LogP contribution in [0.2, 0.25) is 0 Å². The molecule has 0 aliphatic rings. The molecule has 0 aliphatic heterocycles. The maximum absolute atomic E-state index is 14.6. The number of rotatable bonds is 9. The van der Waals surface area contributed by atoms with Crippen LogP contribution in [0.5, 0.6) is 11.5 Å². The summed E-state index contributed by atoms with van der Waals surface area (Å²) in [6, 6.07) is 19.8. The smallest absolute Gasteiger partial charge is 0.244 e. The average molecular weight is 625 g/mol. The lowest BCUT2D eigenvalue weighted by Crippen LogP contribution is -2.30. The van der Waals surface area contributed by atoms with Crippen LogP contribution < -0.4 is 4.74 Å². The van der Waals surface area contributed by atoms with Gasteiger partial charge in [-0.05, 0) is 73.9 Å². The molecule has 0 unspecified atom stereocenters. The van der Waals surface area contributed by atoms with Crippen molar-refractivity contribution in [3.05, 3.63) is 114 Å². The van der Waals surface area contributed by atoms with Crippen LogP contribution in [-0.4, -0.2) is 31.5 Å². The number of fused-ring (bicyclic) bond motifs is 1. The van der Waals surface area contributed by atoms with Crippen molar-refractivity contribution >= 4 is 30.9 Å². The van der Waals surface area contributed by atoms with Gasteiger partial charge in [0.1, 0.15) is 11.6 Å². The summed E-state index contributed by atoms with van der Waals surface area (Å²) in [4.78, 5) is 4.54. The van der Waals surface area contributed by atoms with E-state index in [4.69, 9.17) is 4.74 Å². The highest BCUT2D eigenvalue weighted by atomic mass is 32.2. The highest BCUT2D eigenvalue weighted by Gasteiger charge is 2.35. The molecule has 0 saturated carbocycles. The fourth-order valence-electron chi connectivity index (χ4n) is 4.93. The molecule has 0 atom stereocenters. The van der Waals surface area contributed by atoms with Crippen molar-refractivity contribution in [1.82, 2.24) is 8.96 Å². The third-order valence-electron chi connectivity index (χ3n) is 7.48. The summed E-state index contributed by atoms with van der Waals surface area (Å²) in [5, 5.41) is 0.458. The first-order valence-electron chi connectivity index (χ1n) is 13.5. The fourth-order valence-corrected chi connectivity index (χ4v) is 7.54. The molecule has 3 aromatic carbocycles. The van der Waals surface area contributed by atoms with Crippen LogP contribution in [0.15, 0.2) is 85.1 Å². The Morgan fingerprint density at radius 3 is 2.23 bits per heavy atom. The molecule has 0 spiro atoms. The third kappa shape index (κ3) is 5.79. The third-order valence-corrected chi connectivity index (χ3v) is 11.6. The van der Waals surface area contributed by atoms with E-state index in [9.17, 15) is 25.6 Å². The molecule has 5 rings (SSSR count). The van der Waals surface area contributed by atoms with Crippen molar-refractivity contribution in [3.63, 3.8) is 0 Å². The Hall–Kier alpha value is -4.09. The van der Waals surface area contributed by atoms with Gasteiger partial charge in [0.15, 0.2) is 27.1 Å². The average Bonchev–Trinajstić information content (AvgIpc) is 3.39. The predicted molar refractivity (Wildman–Crippen MR) is 163 cm³/mol. The number of halogens is 2. The van der Waals surface area contributed by atoms with E-state index in [1.165, 1.54) is 12.3 Å². The van der Waals surface area contributed by atoms with Crippen LogP contribution >= 0.6 is 0 Å². The van der Waals surface area contributed by atoms with Gasteiger partial charge >= 0.3 is 0 Å². The molecule has 0 saturated heterocycles. The highest BCUT2D eigenvalue weighted by Crippen LogP contribution is 2.42. The molecule has 0 amide bonds. The molecule has 0 fully saturated rings. The number of sulfone groups is 1. The molecule has 11 heteroatoms. The van der Waals surface area contributed by atoms with Crippen molar-refractivity contribution in [2.24, 2.45) is 0 Å². The number of benzene rings is 3. The Labute approximate surface area is 249 Å². The van der Waals surface area contributed by atoms with Gasteiger partial charge in [0.2, 0.25) is 10.0 Å². The van der Waals surface area contributed by atoms with Gasteiger partial charge in [-0.3, -0.25) is 0 Å². The first kappa shape index (κ1) is 30.4. The number of pyridine rings is 1. The summed E-state index contributed by atoms with van der Waals surface area (Å²) >= 11 is 0. The zero-order valence-electron chi connectivity index (χ0n) is 24.0. The molecule has 7 nitrogen and oxygen atoms in total. The van der Waals surface area contributed by atoms with Crippen molar-refractivity contribution in [2.45, 2.75) is 38.2 Å². The summed E-state index contributed by atoms with van der Waals surface area (Å²) in [6.07, 6.45) is 1.42. The number of aryl methyl sites for hydroxylation is 1. The summed E-state index contributed by atoms with van der Waals surface area (Å²) in [7, 11) is -7.44. The van der Waals surface area contributed by atoms with Gasteiger partial charge < -0.3 is 4.74 Å². The van der Waals surface area contributed by atoms with Gasteiger partial charge in [-0.2, -0.15) is 0 Å². The van der Waals surface area contributed by atoms with Gasteiger partial charge in [0.25, 0.3) is 0 Å². The van der Waals surface area contributed by atoms with Gasteiger partial charge in [-0.1, -0.05) is 43.3 Å². The summed E-state index contributed by atoms with van der Waals surface area (Å²) in [5.74, 6) is -2.10. The SMILES string of the molecule is CCS(=O)(=O)C(C)(C)c1ccc(Oc2ccc(F)cc2F)c(-c2cc(C)nc3c2ccn3S(=O)(=O)Cc2ccccc2)c1. The molecule has 2 aromatic heterocycles. The highest BCUT2D eigenvalue weighted by molar-refractivity contribution is 7.92. The number of nitrogens with zero attached hydrogens (tertiary/aromatic N) is 2. The minimum Gasteiger partial charge on any atom is -0.454 e. The van der Waals surface area contributed by atoms with Crippen LogP contribution in [0.4, 0.5) is 8.78 Å². The number of hydrogen-bond donors (Lipinski definition) is 0. The number of ether oxygens (including phenoxy) is 1. The zero-order chi connectivity index (χ0) is 31.2. The second-order valence-electron chi connectivity index (χ2n) is 10.7.